The minimum Gasteiger partial charge on any atom is -0.506 e. The smallest absolute Gasteiger partial charge is 0.141 e. The van der Waals surface area contributed by atoms with Crippen LogP contribution in [0.25, 0.3) is 11.4 Å². The minimum atomic E-state index is -0.0194. The zero-order valence-electron chi connectivity index (χ0n) is 9.32. The maximum absolute atomic E-state index is 9.45. The lowest BCUT2D eigenvalue weighted by Gasteiger charge is -2.09. The van der Waals surface area contributed by atoms with Crippen LogP contribution < -0.4 is 0 Å². The number of aryl methyl sites for hydroxylation is 1. The maximum atomic E-state index is 9.45. The molecule has 5 heteroatoms. The van der Waals surface area contributed by atoms with Gasteiger partial charge >= 0.3 is 0 Å². The molecule has 2 rings (SSSR count). The molecule has 90 valence electrons. The van der Waals surface area contributed by atoms with Gasteiger partial charge in [0.15, 0.2) is 0 Å². The molecule has 1 heterocycles. The monoisotopic (exact) mass is 270 g/mol. The van der Waals surface area contributed by atoms with Gasteiger partial charge in [-0.1, -0.05) is 30.1 Å². The molecule has 0 aliphatic heterocycles. The summed E-state index contributed by atoms with van der Waals surface area (Å²) < 4.78 is 2.01. The van der Waals surface area contributed by atoms with Gasteiger partial charge < -0.3 is 9.67 Å². The third-order valence-corrected chi connectivity index (χ3v) is 3.07. The van der Waals surface area contributed by atoms with E-state index in [1.165, 1.54) is 6.07 Å². The first-order chi connectivity index (χ1) is 8.13. The SMILES string of the molecule is CCCn1ccnc1-c1cc(Cl)c(O)cc1Cl. The quantitative estimate of drug-likeness (QED) is 0.917. The van der Waals surface area contributed by atoms with Crippen LogP contribution in [-0.2, 0) is 6.54 Å². The summed E-state index contributed by atoms with van der Waals surface area (Å²) in [5, 5.41) is 10.2. The van der Waals surface area contributed by atoms with Crippen LogP contribution in [0.2, 0.25) is 10.0 Å². The number of phenolic OH excluding ortho intramolecular Hbond substituents is 1. The number of phenols is 1. The predicted octanol–water partition coefficient (Wildman–Crippen LogP) is 3.97. The van der Waals surface area contributed by atoms with Gasteiger partial charge in [-0.25, -0.2) is 4.98 Å². The second kappa shape index (κ2) is 4.98. The molecule has 0 saturated heterocycles. The molecule has 1 N–H and O–H groups in total. The molecule has 1 aromatic heterocycles. The van der Waals surface area contributed by atoms with E-state index in [2.05, 4.69) is 11.9 Å². The zero-order chi connectivity index (χ0) is 12.4. The van der Waals surface area contributed by atoms with Crippen molar-refractivity contribution in [2.45, 2.75) is 19.9 Å². The fourth-order valence-electron chi connectivity index (χ4n) is 1.68. The Kier molecular flexibility index (Phi) is 3.60. The number of nitrogens with zero attached hydrogens (tertiary/aromatic N) is 2. The van der Waals surface area contributed by atoms with E-state index < -0.39 is 0 Å². The standard InChI is InChI=1S/C12H12Cl2N2O/c1-2-4-16-5-3-15-12(16)8-6-10(14)11(17)7-9(8)13/h3,5-7,17H,2,4H2,1H3. The number of benzene rings is 1. The molecule has 3 nitrogen and oxygen atoms in total. The van der Waals surface area contributed by atoms with Crippen LogP contribution in [0.3, 0.4) is 0 Å². The van der Waals surface area contributed by atoms with E-state index >= 15 is 0 Å². The molecule has 0 bridgehead atoms. The molecule has 0 saturated carbocycles. The van der Waals surface area contributed by atoms with Crippen LogP contribution in [0.1, 0.15) is 13.3 Å². The van der Waals surface area contributed by atoms with Gasteiger partial charge in [-0.15, -0.1) is 0 Å². The van der Waals surface area contributed by atoms with Gasteiger partial charge in [-0.2, -0.15) is 0 Å². The van der Waals surface area contributed by atoms with Crippen LogP contribution in [0.5, 0.6) is 5.75 Å². The Balaban J connectivity index is 2.52. The molecule has 0 unspecified atom stereocenters. The molecule has 0 radical (unpaired) electrons. The summed E-state index contributed by atoms with van der Waals surface area (Å²) in [6.45, 7) is 2.96. The molecule has 0 aliphatic rings. The average molecular weight is 271 g/mol. The molecule has 1 aromatic carbocycles. The van der Waals surface area contributed by atoms with E-state index in [1.54, 1.807) is 12.3 Å². The van der Waals surface area contributed by atoms with Crippen LogP contribution in [-0.4, -0.2) is 14.7 Å². The van der Waals surface area contributed by atoms with Gasteiger partial charge in [-0.05, 0) is 12.5 Å². The Morgan fingerprint density at radius 1 is 1.29 bits per heavy atom. The van der Waals surface area contributed by atoms with E-state index in [-0.39, 0.29) is 10.8 Å². The van der Waals surface area contributed by atoms with E-state index in [1.807, 2.05) is 10.8 Å². The van der Waals surface area contributed by atoms with Gasteiger partial charge in [-0.3, -0.25) is 0 Å². The van der Waals surface area contributed by atoms with E-state index in [4.69, 9.17) is 23.2 Å². The van der Waals surface area contributed by atoms with E-state index in [9.17, 15) is 5.11 Å². The number of aromatic hydroxyl groups is 1. The molecule has 0 spiro atoms. The Bertz CT molecular complexity index is 537. The van der Waals surface area contributed by atoms with Gasteiger partial charge in [0, 0.05) is 30.6 Å². The van der Waals surface area contributed by atoms with Gasteiger partial charge in [0.1, 0.15) is 11.6 Å². The van der Waals surface area contributed by atoms with Crippen molar-refractivity contribution in [3.63, 3.8) is 0 Å². The normalized spacial score (nSPS) is 10.8. The van der Waals surface area contributed by atoms with Crippen LogP contribution in [0.15, 0.2) is 24.5 Å². The topological polar surface area (TPSA) is 38.0 Å². The van der Waals surface area contributed by atoms with Crippen LogP contribution in [0.4, 0.5) is 0 Å². The summed E-state index contributed by atoms with van der Waals surface area (Å²) in [5.41, 5.74) is 0.730. The molecule has 0 aliphatic carbocycles. The minimum absolute atomic E-state index is 0.0194. The molecular formula is C12H12Cl2N2O. The van der Waals surface area contributed by atoms with Gasteiger partial charge in [0.25, 0.3) is 0 Å². The summed E-state index contributed by atoms with van der Waals surface area (Å²) in [5.74, 6) is 0.743. The van der Waals surface area contributed by atoms with E-state index in [0.717, 1.165) is 24.4 Å². The Morgan fingerprint density at radius 3 is 2.76 bits per heavy atom. The highest BCUT2D eigenvalue weighted by molar-refractivity contribution is 6.36. The largest absolute Gasteiger partial charge is 0.506 e. The second-order valence-electron chi connectivity index (χ2n) is 3.73. The van der Waals surface area contributed by atoms with Crippen molar-refractivity contribution in [3.05, 3.63) is 34.6 Å². The fourth-order valence-corrected chi connectivity index (χ4v) is 2.09. The lowest BCUT2D eigenvalue weighted by molar-refractivity contribution is 0.475. The summed E-state index contributed by atoms with van der Waals surface area (Å²) >= 11 is 12.0. The first-order valence-corrected chi connectivity index (χ1v) is 6.08. The molecule has 17 heavy (non-hydrogen) atoms. The van der Waals surface area contributed by atoms with Crippen LogP contribution in [0, 0.1) is 0 Å². The number of imidazole rings is 1. The summed E-state index contributed by atoms with van der Waals surface area (Å²) in [6.07, 6.45) is 4.63. The maximum Gasteiger partial charge on any atom is 0.141 e. The molecule has 0 amide bonds. The van der Waals surface area contributed by atoms with Crippen molar-refractivity contribution in [3.8, 4) is 17.1 Å². The highest BCUT2D eigenvalue weighted by atomic mass is 35.5. The number of aromatic nitrogens is 2. The van der Waals surface area contributed by atoms with Crippen molar-refractivity contribution < 1.29 is 5.11 Å². The Labute approximate surface area is 110 Å². The fraction of sp³-hybridized carbons (Fsp3) is 0.250. The molecule has 2 aromatic rings. The van der Waals surface area contributed by atoms with Crippen LogP contribution >= 0.6 is 23.2 Å². The predicted molar refractivity (Wildman–Crippen MR) is 69.6 cm³/mol. The summed E-state index contributed by atoms with van der Waals surface area (Å²) in [4.78, 5) is 4.27. The number of hydrogen-bond donors (Lipinski definition) is 1. The third-order valence-electron chi connectivity index (χ3n) is 2.46. The average Bonchev–Trinajstić information content (AvgIpc) is 2.72. The van der Waals surface area contributed by atoms with Gasteiger partial charge in [0.05, 0.1) is 10.0 Å². The van der Waals surface area contributed by atoms with E-state index in [0.29, 0.717) is 5.02 Å². The summed E-state index contributed by atoms with van der Waals surface area (Å²) in [7, 11) is 0. The zero-order valence-corrected chi connectivity index (χ0v) is 10.8. The first kappa shape index (κ1) is 12.3. The van der Waals surface area contributed by atoms with Crippen molar-refractivity contribution in [1.29, 1.82) is 0 Å². The third kappa shape index (κ3) is 2.40. The second-order valence-corrected chi connectivity index (χ2v) is 4.54. The Hall–Kier alpha value is -1.19. The molecule has 0 atom stereocenters. The molecule has 0 fully saturated rings. The van der Waals surface area contributed by atoms with Crippen molar-refractivity contribution in [1.82, 2.24) is 9.55 Å². The highest BCUT2D eigenvalue weighted by Gasteiger charge is 2.12. The van der Waals surface area contributed by atoms with Gasteiger partial charge in [0.2, 0.25) is 0 Å². The number of hydrogen-bond acceptors (Lipinski definition) is 2. The lowest BCUT2D eigenvalue weighted by Crippen LogP contribution is -1.98. The molecular weight excluding hydrogens is 259 g/mol. The van der Waals surface area contributed by atoms with Crippen molar-refractivity contribution in [2.24, 2.45) is 0 Å². The number of rotatable bonds is 3. The van der Waals surface area contributed by atoms with Crippen molar-refractivity contribution >= 4 is 23.2 Å². The lowest BCUT2D eigenvalue weighted by atomic mass is 10.2. The summed E-state index contributed by atoms with van der Waals surface area (Å²) in [6, 6.07) is 3.07. The highest BCUT2D eigenvalue weighted by Crippen LogP contribution is 2.35. The van der Waals surface area contributed by atoms with Crippen molar-refractivity contribution in [2.75, 3.05) is 0 Å². The Morgan fingerprint density at radius 2 is 2.06 bits per heavy atom. The first-order valence-electron chi connectivity index (χ1n) is 5.33. The number of halogens is 2.